The Balaban J connectivity index is 2.09. The van der Waals surface area contributed by atoms with Gasteiger partial charge < -0.3 is 5.73 Å². The van der Waals surface area contributed by atoms with E-state index in [4.69, 9.17) is 5.73 Å². The van der Waals surface area contributed by atoms with Gasteiger partial charge in [-0.2, -0.15) is 0 Å². The molecule has 1 aliphatic carbocycles. The molecule has 3 rings (SSSR count). The Kier molecular flexibility index (Phi) is 2.74. The minimum absolute atomic E-state index is 0.0247. The fourth-order valence-corrected chi connectivity index (χ4v) is 2.53. The smallest absolute Gasteiger partial charge is 0.270 e. The second-order valence-corrected chi connectivity index (χ2v) is 5.29. The summed E-state index contributed by atoms with van der Waals surface area (Å²) in [5.74, 6) is 0.810. The molecule has 2 N–H and O–H groups in total. The lowest BCUT2D eigenvalue weighted by atomic mass is 10.2. The second kappa shape index (κ2) is 4.30. The van der Waals surface area contributed by atoms with Gasteiger partial charge in [0, 0.05) is 18.1 Å². The van der Waals surface area contributed by atoms with Gasteiger partial charge in [0.2, 0.25) is 0 Å². The van der Waals surface area contributed by atoms with Crippen molar-refractivity contribution >= 4 is 27.4 Å². The third-order valence-electron chi connectivity index (χ3n) is 3.07. The zero-order valence-electron chi connectivity index (χ0n) is 9.78. The van der Waals surface area contributed by atoms with E-state index in [1.54, 1.807) is 10.7 Å². The molecule has 1 fully saturated rings. The van der Waals surface area contributed by atoms with E-state index in [-0.39, 0.29) is 5.69 Å². The highest BCUT2D eigenvalue weighted by Gasteiger charge is 2.31. The van der Waals surface area contributed by atoms with Crippen molar-refractivity contribution in [3.05, 3.63) is 38.5 Å². The molecule has 1 aromatic heterocycles. The van der Waals surface area contributed by atoms with Gasteiger partial charge in [0.05, 0.1) is 20.8 Å². The van der Waals surface area contributed by atoms with E-state index in [1.807, 2.05) is 0 Å². The van der Waals surface area contributed by atoms with Crippen LogP contribution in [0.1, 0.15) is 24.5 Å². The lowest BCUT2D eigenvalue weighted by molar-refractivity contribution is -0.384. The van der Waals surface area contributed by atoms with Crippen LogP contribution in [0.4, 0.5) is 11.5 Å². The normalized spacial score (nSPS) is 14.6. The molecule has 19 heavy (non-hydrogen) atoms. The molecule has 7 nitrogen and oxygen atoms in total. The summed E-state index contributed by atoms with van der Waals surface area (Å²) in [6.45, 7) is 0. The first kappa shape index (κ1) is 12.1. The van der Waals surface area contributed by atoms with Crippen molar-refractivity contribution in [3.8, 4) is 5.69 Å². The van der Waals surface area contributed by atoms with E-state index in [1.165, 1.54) is 12.1 Å². The Morgan fingerprint density at radius 1 is 1.47 bits per heavy atom. The number of hydrogen-bond acceptors (Lipinski definition) is 5. The van der Waals surface area contributed by atoms with Crippen molar-refractivity contribution in [2.75, 3.05) is 5.73 Å². The summed E-state index contributed by atoms with van der Waals surface area (Å²) in [6, 6.07) is 4.53. The van der Waals surface area contributed by atoms with Gasteiger partial charge in [0.1, 0.15) is 0 Å². The van der Waals surface area contributed by atoms with Crippen LogP contribution in [0.25, 0.3) is 5.69 Å². The molecule has 0 aliphatic heterocycles. The van der Waals surface area contributed by atoms with E-state index in [2.05, 4.69) is 26.2 Å². The molecule has 0 bridgehead atoms. The summed E-state index contributed by atoms with van der Waals surface area (Å²) in [4.78, 5) is 10.3. The summed E-state index contributed by atoms with van der Waals surface area (Å²) in [5.41, 5.74) is 7.44. The number of aromatic nitrogens is 3. The Hall–Kier alpha value is -1.96. The maximum Gasteiger partial charge on any atom is 0.270 e. The molecule has 2 aromatic rings. The highest BCUT2D eigenvalue weighted by Crippen LogP contribution is 2.43. The highest BCUT2D eigenvalue weighted by atomic mass is 79.9. The largest absolute Gasteiger partial charge is 0.381 e. The predicted octanol–water partition coefficient (Wildman–Crippen LogP) is 2.40. The number of benzene rings is 1. The van der Waals surface area contributed by atoms with Crippen LogP contribution in [0.15, 0.2) is 22.7 Å². The molecule has 1 saturated carbocycles. The number of rotatable bonds is 3. The minimum atomic E-state index is -0.438. The summed E-state index contributed by atoms with van der Waals surface area (Å²) >= 11 is 3.33. The minimum Gasteiger partial charge on any atom is -0.381 e. The van der Waals surface area contributed by atoms with Crippen LogP contribution in [-0.2, 0) is 0 Å². The van der Waals surface area contributed by atoms with Crippen LogP contribution >= 0.6 is 15.9 Å². The fourth-order valence-electron chi connectivity index (χ4n) is 2.00. The van der Waals surface area contributed by atoms with Crippen LogP contribution < -0.4 is 5.73 Å². The number of non-ortho nitro benzene ring substituents is 1. The first-order valence-electron chi connectivity index (χ1n) is 5.73. The molecule has 0 radical (unpaired) electrons. The maximum absolute atomic E-state index is 10.7. The molecule has 1 aliphatic rings. The van der Waals surface area contributed by atoms with Crippen molar-refractivity contribution in [1.29, 1.82) is 0 Å². The molecule has 98 valence electrons. The van der Waals surface area contributed by atoms with Crippen molar-refractivity contribution in [3.63, 3.8) is 0 Å². The van der Waals surface area contributed by atoms with E-state index >= 15 is 0 Å². The molecule has 0 saturated heterocycles. The van der Waals surface area contributed by atoms with Gasteiger partial charge in [0.15, 0.2) is 5.82 Å². The van der Waals surface area contributed by atoms with E-state index in [0.29, 0.717) is 21.9 Å². The molecule has 1 heterocycles. The topological polar surface area (TPSA) is 99.9 Å². The van der Waals surface area contributed by atoms with Gasteiger partial charge in [-0.1, -0.05) is 5.21 Å². The monoisotopic (exact) mass is 323 g/mol. The molecule has 0 unspecified atom stereocenters. The van der Waals surface area contributed by atoms with Gasteiger partial charge in [-0.05, 0) is 34.8 Å². The van der Waals surface area contributed by atoms with E-state index in [0.717, 1.165) is 18.5 Å². The van der Waals surface area contributed by atoms with Crippen molar-refractivity contribution in [2.45, 2.75) is 18.8 Å². The predicted molar refractivity (Wildman–Crippen MR) is 72.1 cm³/mol. The highest BCUT2D eigenvalue weighted by molar-refractivity contribution is 9.10. The quantitative estimate of drug-likeness (QED) is 0.690. The third-order valence-corrected chi connectivity index (χ3v) is 3.70. The standard InChI is InChI=1S/C11H10BrN5O2/c12-8-5-7(17(18)19)3-4-9(8)16-10(6-1-2-6)11(13)14-15-16/h3-6H,1-2,13H2. The SMILES string of the molecule is Nc1nnn(-c2ccc([N+](=O)[O-])cc2Br)c1C1CC1. The van der Waals surface area contributed by atoms with Gasteiger partial charge in [-0.15, -0.1) is 5.10 Å². The molecule has 0 atom stereocenters. The Morgan fingerprint density at radius 3 is 2.79 bits per heavy atom. The lowest BCUT2D eigenvalue weighted by Gasteiger charge is -2.07. The Bertz CT molecular complexity index is 665. The Labute approximate surface area is 116 Å². The summed E-state index contributed by atoms with van der Waals surface area (Å²) < 4.78 is 2.24. The summed E-state index contributed by atoms with van der Waals surface area (Å²) in [6.07, 6.45) is 2.14. The zero-order chi connectivity index (χ0) is 13.6. The van der Waals surface area contributed by atoms with Gasteiger partial charge in [-0.3, -0.25) is 10.1 Å². The van der Waals surface area contributed by atoms with Crippen LogP contribution in [0.5, 0.6) is 0 Å². The van der Waals surface area contributed by atoms with Crippen LogP contribution in [0, 0.1) is 10.1 Å². The van der Waals surface area contributed by atoms with Crippen molar-refractivity contribution in [2.24, 2.45) is 0 Å². The fraction of sp³-hybridized carbons (Fsp3) is 0.273. The molecular weight excluding hydrogens is 314 g/mol. The number of nitrogens with two attached hydrogens (primary N) is 1. The van der Waals surface area contributed by atoms with Crippen molar-refractivity contribution < 1.29 is 4.92 Å². The van der Waals surface area contributed by atoms with Gasteiger partial charge in [0.25, 0.3) is 5.69 Å². The van der Waals surface area contributed by atoms with Crippen molar-refractivity contribution in [1.82, 2.24) is 15.0 Å². The number of nitrogen functional groups attached to an aromatic ring is 1. The van der Waals surface area contributed by atoms with E-state index < -0.39 is 4.92 Å². The average molecular weight is 324 g/mol. The maximum atomic E-state index is 10.7. The lowest BCUT2D eigenvalue weighted by Crippen LogP contribution is -2.04. The average Bonchev–Trinajstić information content (AvgIpc) is 3.13. The van der Waals surface area contributed by atoms with Crippen LogP contribution in [-0.4, -0.2) is 19.9 Å². The molecule has 1 aromatic carbocycles. The molecule has 0 spiro atoms. The number of halogens is 1. The number of nitro benzene ring substituents is 1. The number of hydrogen-bond donors (Lipinski definition) is 1. The third kappa shape index (κ3) is 2.07. The molecular formula is C11H10BrN5O2. The number of nitro groups is 1. The first-order chi connectivity index (χ1) is 9.08. The summed E-state index contributed by atoms with van der Waals surface area (Å²) in [5, 5.41) is 18.6. The number of nitrogens with zero attached hydrogens (tertiary/aromatic N) is 4. The number of anilines is 1. The Morgan fingerprint density at radius 2 is 2.21 bits per heavy atom. The van der Waals surface area contributed by atoms with Crippen LogP contribution in [0.3, 0.4) is 0 Å². The van der Waals surface area contributed by atoms with E-state index in [9.17, 15) is 10.1 Å². The first-order valence-corrected chi connectivity index (χ1v) is 6.52. The van der Waals surface area contributed by atoms with Gasteiger partial charge in [-0.25, -0.2) is 4.68 Å². The molecule has 0 amide bonds. The molecule has 8 heteroatoms. The zero-order valence-corrected chi connectivity index (χ0v) is 11.4. The summed E-state index contributed by atoms with van der Waals surface area (Å²) in [7, 11) is 0. The second-order valence-electron chi connectivity index (χ2n) is 4.44. The van der Waals surface area contributed by atoms with Crippen LogP contribution in [0.2, 0.25) is 0 Å². The van der Waals surface area contributed by atoms with Gasteiger partial charge >= 0.3 is 0 Å².